The van der Waals surface area contributed by atoms with Crippen molar-refractivity contribution in [2.75, 3.05) is 7.05 Å². The van der Waals surface area contributed by atoms with E-state index in [4.69, 9.17) is 11.6 Å². The minimum atomic E-state index is 0.377. The van der Waals surface area contributed by atoms with Crippen molar-refractivity contribution in [1.29, 1.82) is 0 Å². The first kappa shape index (κ1) is 14.0. The monoisotopic (exact) mass is 274 g/mol. The molecule has 100 valence electrons. The van der Waals surface area contributed by atoms with E-state index in [1.807, 2.05) is 13.1 Å². The Bertz CT molecular complexity index is 540. The number of likely N-dealkylation sites (N-methyl/N-ethyl adjacent to an activating group) is 1. The number of halogens is 1. The minimum absolute atomic E-state index is 0.377. The molecule has 0 spiro atoms. The molecular formula is C16H19ClN2. The van der Waals surface area contributed by atoms with E-state index in [0.29, 0.717) is 6.04 Å². The number of nitrogens with one attached hydrogen (secondary N) is 1. The van der Waals surface area contributed by atoms with Gasteiger partial charge in [-0.3, -0.25) is 4.98 Å². The number of hydrogen-bond donors (Lipinski definition) is 1. The molecule has 1 aromatic carbocycles. The summed E-state index contributed by atoms with van der Waals surface area (Å²) in [6.45, 7) is 2.12. The number of pyridine rings is 1. The molecule has 1 unspecified atom stereocenters. The Balaban J connectivity index is 2.07. The van der Waals surface area contributed by atoms with Gasteiger partial charge in [0.05, 0.1) is 5.02 Å². The molecule has 19 heavy (non-hydrogen) atoms. The topological polar surface area (TPSA) is 24.9 Å². The average Bonchev–Trinajstić information content (AvgIpc) is 2.40. The molecule has 2 nitrogen and oxygen atoms in total. The second-order valence-corrected chi connectivity index (χ2v) is 5.26. The first-order valence-electron chi connectivity index (χ1n) is 6.50. The van der Waals surface area contributed by atoms with E-state index in [-0.39, 0.29) is 0 Å². The molecule has 2 aromatic rings. The van der Waals surface area contributed by atoms with Crippen molar-refractivity contribution in [3.63, 3.8) is 0 Å². The van der Waals surface area contributed by atoms with Gasteiger partial charge in [-0.1, -0.05) is 41.4 Å². The summed E-state index contributed by atoms with van der Waals surface area (Å²) in [5.74, 6) is 0. The minimum Gasteiger partial charge on any atom is -0.316 e. The summed E-state index contributed by atoms with van der Waals surface area (Å²) in [7, 11) is 2.00. The normalized spacial score (nSPS) is 12.4. The molecule has 0 amide bonds. The van der Waals surface area contributed by atoms with Gasteiger partial charge in [0.1, 0.15) is 0 Å². The predicted molar refractivity (Wildman–Crippen MR) is 80.7 cm³/mol. The van der Waals surface area contributed by atoms with Crippen molar-refractivity contribution in [3.05, 3.63) is 64.4 Å². The van der Waals surface area contributed by atoms with Crippen LogP contribution >= 0.6 is 11.6 Å². The maximum absolute atomic E-state index is 6.16. The Kier molecular flexibility index (Phi) is 4.94. The zero-order valence-corrected chi connectivity index (χ0v) is 12.1. The van der Waals surface area contributed by atoms with E-state index in [2.05, 4.69) is 41.5 Å². The highest BCUT2D eigenvalue weighted by Gasteiger charge is 2.10. The van der Waals surface area contributed by atoms with Gasteiger partial charge in [0, 0.05) is 18.4 Å². The number of hydrogen-bond acceptors (Lipinski definition) is 2. The summed E-state index contributed by atoms with van der Waals surface area (Å²) < 4.78 is 0. The second kappa shape index (κ2) is 6.69. The van der Waals surface area contributed by atoms with E-state index < -0.39 is 0 Å². The highest BCUT2D eigenvalue weighted by Crippen LogP contribution is 2.17. The molecule has 2 rings (SSSR count). The predicted octanol–water partition coefficient (Wildman–Crippen LogP) is 3.42. The van der Waals surface area contributed by atoms with E-state index >= 15 is 0 Å². The lowest BCUT2D eigenvalue weighted by molar-refractivity contribution is 0.556. The van der Waals surface area contributed by atoms with Gasteiger partial charge in [0.2, 0.25) is 0 Å². The molecule has 0 saturated heterocycles. The molecule has 1 heterocycles. The van der Waals surface area contributed by atoms with Crippen LogP contribution in [0.25, 0.3) is 0 Å². The van der Waals surface area contributed by atoms with Crippen LogP contribution in [0.15, 0.2) is 42.7 Å². The third-order valence-electron chi connectivity index (χ3n) is 3.30. The molecule has 1 atom stereocenters. The zero-order chi connectivity index (χ0) is 13.7. The molecule has 0 aliphatic heterocycles. The van der Waals surface area contributed by atoms with E-state index in [0.717, 1.165) is 23.4 Å². The lowest BCUT2D eigenvalue weighted by Crippen LogP contribution is -2.30. The third-order valence-corrected chi connectivity index (χ3v) is 3.64. The maximum Gasteiger partial charge on any atom is 0.0621 e. The molecule has 0 fully saturated rings. The van der Waals surface area contributed by atoms with Crippen LogP contribution in [0.4, 0.5) is 0 Å². The van der Waals surface area contributed by atoms with Crippen LogP contribution in [0.3, 0.4) is 0 Å². The van der Waals surface area contributed by atoms with Gasteiger partial charge >= 0.3 is 0 Å². The largest absolute Gasteiger partial charge is 0.316 e. The molecule has 0 aliphatic rings. The van der Waals surface area contributed by atoms with Crippen molar-refractivity contribution in [3.8, 4) is 0 Å². The van der Waals surface area contributed by atoms with Crippen molar-refractivity contribution < 1.29 is 0 Å². The Morgan fingerprint density at radius 3 is 2.79 bits per heavy atom. The summed E-state index contributed by atoms with van der Waals surface area (Å²) in [5, 5.41) is 4.11. The Morgan fingerprint density at radius 1 is 1.26 bits per heavy atom. The van der Waals surface area contributed by atoms with Crippen LogP contribution in [0, 0.1) is 6.92 Å². The van der Waals surface area contributed by atoms with Gasteiger partial charge in [-0.25, -0.2) is 0 Å². The smallest absolute Gasteiger partial charge is 0.0621 e. The number of aryl methyl sites for hydroxylation is 1. The molecule has 0 bridgehead atoms. The molecule has 1 aromatic heterocycles. The summed E-state index contributed by atoms with van der Waals surface area (Å²) in [6, 6.07) is 11.0. The lowest BCUT2D eigenvalue weighted by atomic mass is 9.99. The molecule has 0 saturated carbocycles. The highest BCUT2D eigenvalue weighted by atomic mass is 35.5. The Labute approximate surface area is 119 Å². The number of nitrogens with zero attached hydrogens (tertiary/aromatic N) is 1. The van der Waals surface area contributed by atoms with Crippen LogP contribution in [0.1, 0.15) is 16.7 Å². The molecule has 3 heteroatoms. The first-order valence-corrected chi connectivity index (χ1v) is 6.88. The van der Waals surface area contributed by atoms with Crippen molar-refractivity contribution >= 4 is 11.6 Å². The number of benzene rings is 1. The highest BCUT2D eigenvalue weighted by molar-refractivity contribution is 6.31. The van der Waals surface area contributed by atoms with Gasteiger partial charge in [0.15, 0.2) is 0 Å². The van der Waals surface area contributed by atoms with Crippen molar-refractivity contribution in [2.45, 2.75) is 25.8 Å². The maximum atomic E-state index is 6.16. The van der Waals surface area contributed by atoms with Crippen LogP contribution in [0.5, 0.6) is 0 Å². The van der Waals surface area contributed by atoms with Crippen LogP contribution in [0.2, 0.25) is 5.02 Å². The van der Waals surface area contributed by atoms with Gasteiger partial charge in [-0.15, -0.1) is 0 Å². The molecule has 1 N–H and O–H groups in total. The van der Waals surface area contributed by atoms with Crippen molar-refractivity contribution in [2.24, 2.45) is 0 Å². The van der Waals surface area contributed by atoms with Crippen LogP contribution in [-0.4, -0.2) is 18.1 Å². The van der Waals surface area contributed by atoms with Crippen LogP contribution in [-0.2, 0) is 12.8 Å². The van der Waals surface area contributed by atoms with Gasteiger partial charge < -0.3 is 5.32 Å². The quantitative estimate of drug-likeness (QED) is 0.904. The van der Waals surface area contributed by atoms with Gasteiger partial charge in [-0.05, 0) is 44.0 Å². The third kappa shape index (κ3) is 4.05. The number of aromatic nitrogens is 1. The Morgan fingerprint density at radius 2 is 2.11 bits per heavy atom. The average molecular weight is 275 g/mol. The fourth-order valence-corrected chi connectivity index (χ4v) is 2.43. The SMILES string of the molecule is CNC(Cc1cccc(C)c1)Cc1ccncc1Cl. The van der Waals surface area contributed by atoms with Crippen molar-refractivity contribution in [1.82, 2.24) is 10.3 Å². The van der Waals surface area contributed by atoms with Gasteiger partial charge in [0.25, 0.3) is 0 Å². The second-order valence-electron chi connectivity index (χ2n) is 4.85. The molecular weight excluding hydrogens is 256 g/mol. The summed E-state index contributed by atoms with van der Waals surface area (Å²) in [5.41, 5.74) is 3.79. The summed E-state index contributed by atoms with van der Waals surface area (Å²) in [6.07, 6.45) is 5.40. The standard InChI is InChI=1S/C16H19ClN2/c1-12-4-3-5-13(8-12)9-15(18-2)10-14-6-7-19-11-16(14)17/h3-8,11,15,18H,9-10H2,1-2H3. The van der Waals surface area contributed by atoms with Crippen LogP contribution < -0.4 is 5.32 Å². The molecule has 0 aliphatic carbocycles. The fraction of sp³-hybridized carbons (Fsp3) is 0.312. The first-order chi connectivity index (χ1) is 9.19. The van der Waals surface area contributed by atoms with E-state index in [9.17, 15) is 0 Å². The molecule has 0 radical (unpaired) electrons. The van der Waals surface area contributed by atoms with E-state index in [1.165, 1.54) is 11.1 Å². The summed E-state index contributed by atoms with van der Waals surface area (Å²) in [4.78, 5) is 4.02. The lowest BCUT2D eigenvalue weighted by Gasteiger charge is -2.17. The fourth-order valence-electron chi connectivity index (χ4n) is 2.23. The zero-order valence-electron chi connectivity index (χ0n) is 11.4. The number of rotatable bonds is 5. The van der Waals surface area contributed by atoms with Gasteiger partial charge in [-0.2, -0.15) is 0 Å². The Hall–Kier alpha value is -1.38. The summed E-state index contributed by atoms with van der Waals surface area (Å²) >= 11 is 6.16. The van der Waals surface area contributed by atoms with E-state index in [1.54, 1.807) is 12.4 Å².